The highest BCUT2D eigenvalue weighted by molar-refractivity contribution is 6.06. The second-order valence-electron chi connectivity index (χ2n) is 12.7. The van der Waals surface area contributed by atoms with E-state index in [9.17, 15) is 19.2 Å². The van der Waals surface area contributed by atoms with Crippen molar-refractivity contribution in [2.45, 2.75) is 51.6 Å². The van der Waals surface area contributed by atoms with Gasteiger partial charge in [0, 0.05) is 48.0 Å². The number of rotatable bonds is 18. The Morgan fingerprint density at radius 2 is 0.549 bits per heavy atom. The van der Waals surface area contributed by atoms with E-state index >= 15 is 0 Å². The van der Waals surface area contributed by atoms with E-state index in [4.69, 9.17) is 14.2 Å². The topological polar surface area (TPSA) is 106 Å². The first kappa shape index (κ1) is 35.9. The molecule has 0 atom stereocenters. The lowest BCUT2D eigenvalue weighted by molar-refractivity contribution is 0.103. The lowest BCUT2D eigenvalue weighted by atomic mass is 10.1. The quantitative estimate of drug-likeness (QED) is 0.0959. The van der Waals surface area contributed by atoms with E-state index in [1.54, 1.807) is 24.3 Å². The van der Waals surface area contributed by atoms with E-state index in [1.165, 1.54) is 9.13 Å². The number of ether oxygens (including phenoxy) is 3. The molecule has 4 aromatic carbocycles. The molecule has 0 amide bonds. The SMILES string of the molecule is O=c1c2ccccc2c2ccccc2c(=O)n1CCOCCCCCOCCCCCOCCn1c(=O)c2ccccc2c2ccccc2c1=O. The van der Waals surface area contributed by atoms with Crippen LogP contribution in [0, 0.1) is 0 Å². The standard InChI is InChI=1S/C42H44N2O7/c45-39-35-19-7-3-15-31(35)32-16-4-8-20-36(32)40(46)43(39)23-29-50-27-13-1-11-25-49-26-12-2-14-28-51-30-24-44-41(47)37-21-9-5-17-33(37)34-18-6-10-22-38(34)42(44)48/h3-10,15-22H,1-2,11-14,23-30H2. The van der Waals surface area contributed by atoms with Gasteiger partial charge in [-0.2, -0.15) is 0 Å². The van der Waals surface area contributed by atoms with Gasteiger partial charge in [0.25, 0.3) is 22.2 Å². The van der Waals surface area contributed by atoms with Crippen molar-refractivity contribution in [3.05, 3.63) is 138 Å². The Balaban J connectivity index is 0.829. The number of fused-ring (bicyclic) bond motifs is 6. The van der Waals surface area contributed by atoms with Crippen molar-refractivity contribution in [2.75, 3.05) is 39.6 Å². The van der Waals surface area contributed by atoms with E-state index in [2.05, 4.69) is 0 Å². The molecule has 9 heteroatoms. The van der Waals surface area contributed by atoms with E-state index in [-0.39, 0.29) is 35.3 Å². The van der Waals surface area contributed by atoms with Gasteiger partial charge in [0.1, 0.15) is 0 Å². The molecule has 264 valence electrons. The molecule has 0 N–H and O–H groups in total. The predicted octanol–water partition coefficient (Wildman–Crippen LogP) is 6.43. The molecule has 9 nitrogen and oxygen atoms in total. The van der Waals surface area contributed by atoms with Crippen LogP contribution in [-0.4, -0.2) is 48.8 Å². The summed E-state index contributed by atoms with van der Waals surface area (Å²) < 4.78 is 20.0. The second-order valence-corrected chi connectivity index (χ2v) is 12.7. The van der Waals surface area contributed by atoms with Crippen molar-refractivity contribution in [3.63, 3.8) is 0 Å². The minimum atomic E-state index is -0.294. The fourth-order valence-corrected chi connectivity index (χ4v) is 6.58. The van der Waals surface area contributed by atoms with Gasteiger partial charge in [-0.25, -0.2) is 0 Å². The molecule has 2 heterocycles. The molecule has 0 unspecified atom stereocenters. The normalized spacial score (nSPS) is 11.6. The summed E-state index contributed by atoms with van der Waals surface area (Å²) in [6, 6.07) is 29.4. The molecule has 0 saturated heterocycles. The summed E-state index contributed by atoms with van der Waals surface area (Å²) in [5.41, 5.74) is -1.18. The van der Waals surface area contributed by atoms with Gasteiger partial charge in [0.05, 0.1) is 26.3 Å². The molecule has 0 aliphatic rings. The van der Waals surface area contributed by atoms with Crippen molar-refractivity contribution in [3.8, 4) is 0 Å². The highest BCUT2D eigenvalue weighted by Gasteiger charge is 2.12. The maximum atomic E-state index is 13.3. The van der Waals surface area contributed by atoms with Gasteiger partial charge in [-0.3, -0.25) is 28.3 Å². The molecule has 51 heavy (non-hydrogen) atoms. The van der Waals surface area contributed by atoms with Crippen LogP contribution < -0.4 is 22.2 Å². The van der Waals surface area contributed by atoms with Crippen LogP contribution in [0.3, 0.4) is 0 Å². The van der Waals surface area contributed by atoms with E-state index in [1.807, 2.05) is 72.8 Å². The molecular weight excluding hydrogens is 644 g/mol. The number of hydrogen-bond acceptors (Lipinski definition) is 7. The van der Waals surface area contributed by atoms with Crippen molar-refractivity contribution in [1.82, 2.24) is 9.13 Å². The summed E-state index contributed by atoms with van der Waals surface area (Å²) in [7, 11) is 0. The van der Waals surface area contributed by atoms with E-state index in [0.717, 1.165) is 60.1 Å². The van der Waals surface area contributed by atoms with E-state index in [0.29, 0.717) is 61.2 Å². The van der Waals surface area contributed by atoms with Gasteiger partial charge in [0.2, 0.25) is 0 Å². The fourth-order valence-electron chi connectivity index (χ4n) is 6.58. The average Bonchev–Trinajstić information content (AvgIpc) is 3.32. The second kappa shape index (κ2) is 17.8. The largest absolute Gasteiger partial charge is 0.381 e. The van der Waals surface area contributed by atoms with Crippen LogP contribution in [-0.2, 0) is 27.3 Å². The summed E-state index contributed by atoms with van der Waals surface area (Å²) in [6.45, 7) is 3.49. The molecule has 0 bridgehead atoms. The van der Waals surface area contributed by atoms with Crippen molar-refractivity contribution < 1.29 is 14.2 Å². The number of hydrogen-bond donors (Lipinski definition) is 0. The van der Waals surface area contributed by atoms with Gasteiger partial charge in [0.15, 0.2) is 0 Å². The molecule has 0 aliphatic carbocycles. The molecular formula is C42H44N2O7. The van der Waals surface area contributed by atoms with Crippen LogP contribution in [0.1, 0.15) is 38.5 Å². The lowest BCUT2D eigenvalue weighted by Gasteiger charge is -2.07. The van der Waals surface area contributed by atoms with Crippen molar-refractivity contribution in [2.24, 2.45) is 0 Å². The Labute approximate surface area is 295 Å². The highest BCUT2D eigenvalue weighted by atomic mass is 16.5. The maximum absolute atomic E-state index is 13.3. The molecule has 0 saturated carbocycles. The Morgan fingerprint density at radius 1 is 0.314 bits per heavy atom. The van der Waals surface area contributed by atoms with Gasteiger partial charge >= 0.3 is 0 Å². The minimum Gasteiger partial charge on any atom is -0.381 e. The smallest absolute Gasteiger partial charge is 0.261 e. The Bertz CT molecular complexity index is 2060. The first-order valence-electron chi connectivity index (χ1n) is 17.9. The van der Waals surface area contributed by atoms with Gasteiger partial charge in [-0.1, -0.05) is 72.8 Å². The van der Waals surface area contributed by atoms with Gasteiger partial charge in [-0.15, -0.1) is 0 Å². The molecule has 6 rings (SSSR count). The monoisotopic (exact) mass is 688 g/mol. The number of nitrogens with zero attached hydrogens (tertiary/aromatic N) is 2. The highest BCUT2D eigenvalue weighted by Crippen LogP contribution is 2.20. The Hall–Kier alpha value is -4.96. The van der Waals surface area contributed by atoms with Crippen LogP contribution in [0.5, 0.6) is 0 Å². The molecule has 6 aromatic rings. The van der Waals surface area contributed by atoms with Crippen molar-refractivity contribution in [1.29, 1.82) is 0 Å². The number of aromatic nitrogens is 2. The molecule has 0 fully saturated rings. The van der Waals surface area contributed by atoms with Gasteiger partial charge in [-0.05, 0) is 84.3 Å². The third-order valence-electron chi connectivity index (χ3n) is 9.26. The average molecular weight is 689 g/mol. The van der Waals surface area contributed by atoms with Crippen LogP contribution >= 0.6 is 0 Å². The summed E-state index contributed by atoms with van der Waals surface area (Å²) >= 11 is 0. The van der Waals surface area contributed by atoms with E-state index < -0.39 is 0 Å². The van der Waals surface area contributed by atoms with Crippen LogP contribution in [0.2, 0.25) is 0 Å². The van der Waals surface area contributed by atoms with Crippen LogP contribution in [0.25, 0.3) is 43.1 Å². The summed E-state index contributed by atoms with van der Waals surface area (Å²) in [5, 5.41) is 5.21. The zero-order valence-electron chi connectivity index (χ0n) is 28.9. The lowest BCUT2D eigenvalue weighted by Crippen LogP contribution is -2.31. The number of benzene rings is 4. The Morgan fingerprint density at radius 3 is 0.824 bits per heavy atom. The molecule has 0 spiro atoms. The first-order chi connectivity index (χ1) is 25.1. The first-order valence-corrected chi connectivity index (χ1v) is 17.9. The summed E-state index contributed by atoms with van der Waals surface area (Å²) in [4.78, 5) is 53.0. The summed E-state index contributed by atoms with van der Waals surface area (Å²) in [6.07, 6.45) is 5.56. The third kappa shape index (κ3) is 8.51. The van der Waals surface area contributed by atoms with Crippen molar-refractivity contribution >= 4 is 43.1 Å². The fraction of sp³-hybridized carbons (Fsp3) is 0.333. The zero-order valence-corrected chi connectivity index (χ0v) is 28.9. The molecule has 0 radical (unpaired) electrons. The molecule has 2 aromatic heterocycles. The molecule has 0 aliphatic heterocycles. The predicted molar refractivity (Wildman–Crippen MR) is 204 cm³/mol. The minimum absolute atomic E-state index is 0.205. The van der Waals surface area contributed by atoms with Crippen LogP contribution in [0.15, 0.2) is 116 Å². The summed E-state index contributed by atoms with van der Waals surface area (Å²) in [5.74, 6) is 0. The zero-order chi connectivity index (χ0) is 35.4. The Kier molecular flexibility index (Phi) is 12.5. The van der Waals surface area contributed by atoms with Crippen LogP contribution in [0.4, 0.5) is 0 Å². The third-order valence-corrected chi connectivity index (χ3v) is 9.26. The van der Waals surface area contributed by atoms with Gasteiger partial charge < -0.3 is 14.2 Å². The number of unbranched alkanes of at least 4 members (excludes halogenated alkanes) is 4. The maximum Gasteiger partial charge on any atom is 0.261 e.